The number of nitriles is 1. The van der Waals surface area contributed by atoms with Gasteiger partial charge in [0.05, 0.1) is 29.6 Å². The molecule has 2 aromatic carbocycles. The Morgan fingerprint density at radius 2 is 1.91 bits per heavy atom. The van der Waals surface area contributed by atoms with Gasteiger partial charge in [0, 0.05) is 41.4 Å². The number of aromatic nitrogens is 1. The average Bonchev–Trinajstić information content (AvgIpc) is 3.05. The molecule has 0 saturated heterocycles. The van der Waals surface area contributed by atoms with Crippen molar-refractivity contribution in [2.24, 2.45) is 4.99 Å². The Hall–Kier alpha value is -3.79. The van der Waals surface area contributed by atoms with Gasteiger partial charge in [-0.15, -0.1) is 0 Å². The largest absolute Gasteiger partial charge is 0.459 e. The zero-order chi connectivity index (χ0) is 24.1. The summed E-state index contributed by atoms with van der Waals surface area (Å²) in [5, 5.41) is 11.5. The second-order valence-electron chi connectivity index (χ2n) is 9.10. The number of benzene rings is 2. The van der Waals surface area contributed by atoms with Crippen molar-refractivity contribution < 1.29 is 4.74 Å². The third kappa shape index (κ3) is 2.81. The molecule has 0 fully saturated rings. The molecule has 7 nitrogen and oxygen atoms in total. The van der Waals surface area contributed by atoms with E-state index in [0.717, 1.165) is 41.7 Å². The summed E-state index contributed by atoms with van der Waals surface area (Å²) in [7, 11) is 0. The number of hydrogen-bond acceptors (Lipinski definition) is 7. The molecule has 2 unspecified atom stereocenters. The van der Waals surface area contributed by atoms with Gasteiger partial charge in [-0.2, -0.15) is 5.26 Å². The van der Waals surface area contributed by atoms with E-state index in [0.29, 0.717) is 11.4 Å². The number of nitrogen functional groups attached to an aromatic ring is 1. The predicted molar refractivity (Wildman–Crippen MR) is 138 cm³/mol. The van der Waals surface area contributed by atoms with Gasteiger partial charge < -0.3 is 20.3 Å². The Morgan fingerprint density at radius 1 is 1.12 bits per heavy atom. The SMILES string of the molecule is CCN(CC)c1ccc2c(c1)C(C)(CC)C1(C=Nc3ccc4c(N)cncc4c3O1)N2CC#N. The van der Waals surface area contributed by atoms with E-state index >= 15 is 0 Å². The number of ether oxygens (including phenoxy) is 1. The molecular formula is C27H30N6O. The Balaban J connectivity index is 1.74. The molecule has 1 aromatic heterocycles. The van der Waals surface area contributed by atoms with Crippen molar-refractivity contribution in [1.29, 1.82) is 5.26 Å². The molecule has 0 aliphatic carbocycles. The van der Waals surface area contributed by atoms with E-state index < -0.39 is 11.1 Å². The van der Waals surface area contributed by atoms with Crippen molar-refractivity contribution >= 4 is 39.7 Å². The van der Waals surface area contributed by atoms with Gasteiger partial charge in [0.25, 0.3) is 0 Å². The molecule has 3 aromatic rings. The molecule has 1 spiro atoms. The van der Waals surface area contributed by atoms with Gasteiger partial charge >= 0.3 is 0 Å². The molecule has 5 rings (SSSR count). The summed E-state index contributed by atoms with van der Waals surface area (Å²) < 4.78 is 6.97. The van der Waals surface area contributed by atoms with Gasteiger partial charge in [-0.25, -0.2) is 0 Å². The van der Waals surface area contributed by atoms with Gasteiger partial charge in [-0.1, -0.05) is 6.92 Å². The standard InChI is InChI=1S/C27H30N6O/c1-5-26(4)21-14-18(32(6-2)7-3)8-11-24(21)33(13-12-28)27(26)17-31-23-10-9-19-20(25(23)34-27)15-30-16-22(19)29/h8-11,14-17H,5-7,13,29H2,1-4H3. The fourth-order valence-corrected chi connectivity index (χ4v) is 5.53. The van der Waals surface area contributed by atoms with Crippen LogP contribution in [0.1, 0.15) is 39.7 Å². The minimum atomic E-state index is -0.951. The van der Waals surface area contributed by atoms with E-state index in [1.165, 1.54) is 11.3 Å². The fourth-order valence-electron chi connectivity index (χ4n) is 5.53. The molecule has 2 aliphatic heterocycles. The van der Waals surface area contributed by atoms with Gasteiger partial charge in [0.15, 0.2) is 5.75 Å². The smallest absolute Gasteiger partial charge is 0.230 e. The van der Waals surface area contributed by atoms with Crippen LogP contribution in [0.15, 0.2) is 47.7 Å². The molecule has 34 heavy (non-hydrogen) atoms. The Morgan fingerprint density at radius 3 is 2.62 bits per heavy atom. The summed E-state index contributed by atoms with van der Waals surface area (Å²) in [6, 6.07) is 12.8. The first-order chi connectivity index (χ1) is 16.4. The van der Waals surface area contributed by atoms with E-state index in [1.807, 2.05) is 18.3 Å². The molecule has 0 bridgehead atoms. The number of pyridine rings is 1. The van der Waals surface area contributed by atoms with Crippen LogP contribution in [-0.4, -0.2) is 36.6 Å². The van der Waals surface area contributed by atoms with Crippen LogP contribution in [0.25, 0.3) is 10.8 Å². The molecule has 3 heterocycles. The van der Waals surface area contributed by atoms with Crippen LogP contribution in [0.2, 0.25) is 0 Å². The predicted octanol–water partition coefficient (Wildman–Crippen LogP) is 5.17. The average molecular weight is 455 g/mol. The highest BCUT2D eigenvalue weighted by atomic mass is 16.5. The second-order valence-corrected chi connectivity index (χ2v) is 9.10. The van der Waals surface area contributed by atoms with Crippen LogP contribution in [0.5, 0.6) is 5.75 Å². The van der Waals surface area contributed by atoms with Crippen LogP contribution in [0, 0.1) is 11.3 Å². The Labute approximate surface area is 200 Å². The van der Waals surface area contributed by atoms with Gasteiger partial charge in [0.1, 0.15) is 12.2 Å². The first-order valence-corrected chi connectivity index (χ1v) is 11.9. The summed E-state index contributed by atoms with van der Waals surface area (Å²) in [4.78, 5) is 13.6. The topological polar surface area (TPSA) is 90.8 Å². The number of anilines is 3. The summed E-state index contributed by atoms with van der Waals surface area (Å²) in [6.07, 6.45) is 6.11. The number of hydrogen-bond donors (Lipinski definition) is 1. The van der Waals surface area contributed by atoms with E-state index in [2.05, 4.69) is 66.7 Å². The summed E-state index contributed by atoms with van der Waals surface area (Å²) in [5.74, 6) is 0.652. The molecule has 174 valence electrons. The van der Waals surface area contributed by atoms with Crippen LogP contribution < -0.4 is 20.3 Å². The quantitative estimate of drug-likeness (QED) is 0.535. The number of fused-ring (bicyclic) bond motifs is 4. The lowest BCUT2D eigenvalue weighted by molar-refractivity contribution is 0.0697. The number of aliphatic imine (C=N–C) groups is 1. The Bertz CT molecular complexity index is 1340. The first-order valence-electron chi connectivity index (χ1n) is 11.9. The van der Waals surface area contributed by atoms with Crippen molar-refractivity contribution in [3.05, 3.63) is 48.3 Å². The molecule has 7 heteroatoms. The number of nitrogens with two attached hydrogens (primary N) is 1. The highest BCUT2D eigenvalue weighted by Crippen LogP contribution is 2.57. The lowest BCUT2D eigenvalue weighted by Crippen LogP contribution is -2.63. The highest BCUT2D eigenvalue weighted by Gasteiger charge is 2.61. The van der Waals surface area contributed by atoms with Gasteiger partial charge in [0.2, 0.25) is 5.72 Å². The van der Waals surface area contributed by atoms with Gasteiger partial charge in [-0.3, -0.25) is 9.98 Å². The van der Waals surface area contributed by atoms with Crippen LogP contribution in [0.4, 0.5) is 22.7 Å². The van der Waals surface area contributed by atoms with E-state index in [-0.39, 0.29) is 6.54 Å². The zero-order valence-corrected chi connectivity index (χ0v) is 20.2. The van der Waals surface area contributed by atoms with Crippen LogP contribution in [-0.2, 0) is 5.41 Å². The third-order valence-electron chi connectivity index (χ3n) is 7.66. The maximum absolute atomic E-state index is 9.81. The molecule has 0 saturated carbocycles. The van der Waals surface area contributed by atoms with Crippen molar-refractivity contribution in [2.75, 3.05) is 35.2 Å². The van der Waals surface area contributed by atoms with Gasteiger partial charge in [-0.05, 0) is 63.1 Å². The molecular weight excluding hydrogens is 424 g/mol. The van der Waals surface area contributed by atoms with E-state index in [4.69, 9.17) is 15.5 Å². The minimum Gasteiger partial charge on any atom is -0.459 e. The summed E-state index contributed by atoms with van der Waals surface area (Å²) in [5.41, 5.74) is 9.50. The van der Waals surface area contributed by atoms with Crippen molar-refractivity contribution in [2.45, 2.75) is 45.3 Å². The maximum Gasteiger partial charge on any atom is 0.230 e. The molecule has 2 atom stereocenters. The third-order valence-corrected chi connectivity index (χ3v) is 7.66. The zero-order valence-electron chi connectivity index (χ0n) is 20.2. The molecule has 0 amide bonds. The molecule has 2 N–H and O–H groups in total. The lowest BCUT2D eigenvalue weighted by Gasteiger charge is -2.47. The van der Waals surface area contributed by atoms with E-state index in [9.17, 15) is 5.26 Å². The van der Waals surface area contributed by atoms with Crippen molar-refractivity contribution in [3.63, 3.8) is 0 Å². The molecule has 2 aliphatic rings. The van der Waals surface area contributed by atoms with E-state index in [1.54, 1.807) is 12.4 Å². The number of rotatable bonds is 5. The minimum absolute atomic E-state index is 0.180. The first kappa shape index (κ1) is 22.0. The lowest BCUT2D eigenvalue weighted by atomic mass is 9.73. The summed E-state index contributed by atoms with van der Waals surface area (Å²) in [6.45, 7) is 10.7. The number of nitrogens with zero attached hydrogens (tertiary/aromatic N) is 5. The monoisotopic (exact) mass is 454 g/mol. The summed E-state index contributed by atoms with van der Waals surface area (Å²) >= 11 is 0. The highest BCUT2D eigenvalue weighted by molar-refractivity contribution is 6.01. The van der Waals surface area contributed by atoms with Crippen molar-refractivity contribution in [3.8, 4) is 11.8 Å². The normalized spacial score (nSPS) is 22.4. The second kappa shape index (κ2) is 7.91. The Kier molecular flexibility index (Phi) is 5.12. The molecule has 0 radical (unpaired) electrons. The van der Waals surface area contributed by atoms with Crippen LogP contribution >= 0.6 is 0 Å². The van der Waals surface area contributed by atoms with Crippen molar-refractivity contribution in [1.82, 2.24) is 4.98 Å². The van der Waals surface area contributed by atoms with Crippen LogP contribution in [0.3, 0.4) is 0 Å². The fraction of sp³-hybridized carbons (Fsp3) is 0.370. The maximum atomic E-state index is 9.81.